The van der Waals surface area contributed by atoms with E-state index in [1.165, 1.54) is 5.56 Å². The van der Waals surface area contributed by atoms with Crippen LogP contribution in [0.1, 0.15) is 30.0 Å². The maximum atomic E-state index is 5.38. The monoisotopic (exact) mass is 448 g/mol. The van der Waals surface area contributed by atoms with Gasteiger partial charge >= 0.3 is 0 Å². The maximum Gasteiger partial charge on any atom is 0.164 e. The fourth-order valence-corrected chi connectivity index (χ4v) is 3.90. The van der Waals surface area contributed by atoms with Crippen molar-refractivity contribution in [3.05, 3.63) is 121 Å². The second-order valence-corrected chi connectivity index (χ2v) is 7.79. The van der Waals surface area contributed by atoms with E-state index in [0.717, 1.165) is 40.8 Å². The Balaban J connectivity index is 1.78. The summed E-state index contributed by atoms with van der Waals surface area (Å²) in [4.78, 5) is 4.75. The average molecular weight is 449 g/mol. The van der Waals surface area contributed by atoms with Gasteiger partial charge in [0.2, 0.25) is 0 Å². The van der Waals surface area contributed by atoms with Crippen LogP contribution in [0.2, 0.25) is 0 Å². The minimum atomic E-state index is 0.708. The number of aromatic nitrogens is 3. The first-order chi connectivity index (χ1) is 16.7. The molecule has 0 fully saturated rings. The Morgan fingerprint density at radius 3 is 2.50 bits per heavy atom. The Bertz CT molecular complexity index is 1350. The third-order valence-electron chi connectivity index (χ3n) is 5.54. The van der Waals surface area contributed by atoms with E-state index in [2.05, 4.69) is 70.9 Å². The summed E-state index contributed by atoms with van der Waals surface area (Å²) in [6.07, 6.45) is 13.7. The van der Waals surface area contributed by atoms with E-state index in [-0.39, 0.29) is 0 Å². The van der Waals surface area contributed by atoms with Crippen LogP contribution in [0.15, 0.2) is 109 Å². The topological polar surface area (TPSA) is 80.6 Å². The van der Waals surface area contributed by atoms with Crippen molar-refractivity contribution in [3.63, 3.8) is 0 Å². The quantitative estimate of drug-likeness (QED) is 0.157. The lowest BCUT2D eigenvalue weighted by molar-refractivity contribution is 0.805. The summed E-state index contributed by atoms with van der Waals surface area (Å²) < 4.78 is 1.87. The number of hydrogen-bond donors (Lipinski definition) is 2. The van der Waals surface area contributed by atoms with Gasteiger partial charge in [-0.2, -0.15) is 10.2 Å². The second-order valence-electron chi connectivity index (χ2n) is 7.79. The maximum absolute atomic E-state index is 5.38. The number of fused-ring (bicyclic) bond motifs is 1. The van der Waals surface area contributed by atoms with Gasteiger partial charge in [-0.3, -0.25) is 0 Å². The normalized spacial score (nSPS) is 12.4. The van der Waals surface area contributed by atoms with Gasteiger partial charge in [0.05, 0.1) is 23.2 Å². The highest BCUT2D eigenvalue weighted by Gasteiger charge is 2.17. The third kappa shape index (κ3) is 5.03. The summed E-state index contributed by atoms with van der Waals surface area (Å²) in [5.41, 5.74) is 9.88. The molecule has 0 bridgehead atoms. The lowest BCUT2D eigenvalue weighted by Crippen LogP contribution is -2.16. The number of rotatable bonds is 9. The first-order valence-electron chi connectivity index (χ1n) is 11.2. The number of hydrazine groups is 1. The van der Waals surface area contributed by atoms with Crippen molar-refractivity contribution in [2.24, 2.45) is 10.9 Å². The van der Waals surface area contributed by atoms with Crippen molar-refractivity contribution in [2.75, 3.05) is 0 Å². The molecule has 0 radical (unpaired) electrons. The molecule has 0 saturated heterocycles. The zero-order valence-corrected chi connectivity index (χ0v) is 19.2. The standard InChI is InChI=1S/C28H28N6/c1-3-12-23(16-11-10-15-22-13-6-4-7-14-22)26-19-30-28-25(21(2)32-33-29)20-31-34(28)27(26)24-17-8-5-9-18-24/h3-9,11-14,16-20,33H,1,10,15,29H2,2H3/b16-11-,23-12+,32-21+. The Morgan fingerprint density at radius 2 is 1.79 bits per heavy atom. The fourth-order valence-electron chi connectivity index (χ4n) is 3.90. The van der Waals surface area contributed by atoms with Crippen molar-refractivity contribution < 1.29 is 0 Å². The molecule has 0 unspecified atom stereocenters. The molecule has 0 aliphatic carbocycles. The number of nitrogens with one attached hydrogen (secondary N) is 1. The molecule has 34 heavy (non-hydrogen) atoms. The molecule has 2 aromatic carbocycles. The van der Waals surface area contributed by atoms with Gasteiger partial charge in [0.15, 0.2) is 5.65 Å². The summed E-state index contributed by atoms with van der Waals surface area (Å²) in [6.45, 7) is 5.79. The van der Waals surface area contributed by atoms with E-state index < -0.39 is 0 Å². The van der Waals surface area contributed by atoms with Crippen LogP contribution in [0.3, 0.4) is 0 Å². The van der Waals surface area contributed by atoms with Gasteiger partial charge in [0, 0.05) is 17.3 Å². The molecule has 0 aliphatic heterocycles. The first-order valence-corrected chi connectivity index (χ1v) is 11.2. The van der Waals surface area contributed by atoms with Crippen LogP contribution in [0.4, 0.5) is 0 Å². The van der Waals surface area contributed by atoms with Crippen molar-refractivity contribution >= 4 is 16.9 Å². The Hall–Kier alpha value is -4.29. The molecule has 0 saturated carbocycles. The highest BCUT2D eigenvalue weighted by molar-refractivity contribution is 6.03. The number of benzene rings is 2. The Kier molecular flexibility index (Phi) is 7.42. The summed E-state index contributed by atoms with van der Waals surface area (Å²) in [7, 11) is 0. The third-order valence-corrected chi connectivity index (χ3v) is 5.54. The molecule has 0 amide bonds. The van der Waals surface area contributed by atoms with Gasteiger partial charge in [-0.1, -0.05) is 91.5 Å². The molecule has 2 aromatic heterocycles. The molecule has 170 valence electrons. The van der Waals surface area contributed by atoms with Gasteiger partial charge < -0.3 is 0 Å². The lowest BCUT2D eigenvalue weighted by Gasteiger charge is -2.13. The number of hydrazone groups is 1. The Morgan fingerprint density at radius 1 is 1.06 bits per heavy atom. The van der Waals surface area contributed by atoms with E-state index in [1.54, 1.807) is 12.3 Å². The molecule has 6 heteroatoms. The highest BCUT2D eigenvalue weighted by Crippen LogP contribution is 2.31. The van der Waals surface area contributed by atoms with E-state index >= 15 is 0 Å². The fraction of sp³-hybridized carbons (Fsp3) is 0.107. The SMILES string of the molecule is C=C/C=C(\C=C/CCc1ccccc1)c1cnc2c(/C(C)=N/NN)cnn2c1-c1ccccc1. The smallest absolute Gasteiger partial charge is 0.164 e. The number of nitrogens with zero attached hydrogens (tertiary/aromatic N) is 4. The molecule has 0 atom stereocenters. The summed E-state index contributed by atoms with van der Waals surface area (Å²) in [6, 6.07) is 20.7. The minimum Gasteiger partial charge on any atom is -0.245 e. The van der Waals surface area contributed by atoms with Gasteiger partial charge in [-0.15, -0.1) is 0 Å². The molecule has 0 aliphatic rings. The van der Waals surface area contributed by atoms with Crippen molar-refractivity contribution in [1.29, 1.82) is 0 Å². The van der Waals surface area contributed by atoms with Crippen LogP contribution in [0.25, 0.3) is 22.5 Å². The zero-order chi connectivity index (χ0) is 23.8. The molecular weight excluding hydrogens is 420 g/mol. The van der Waals surface area contributed by atoms with E-state index in [9.17, 15) is 0 Å². The molecule has 4 aromatic rings. The largest absolute Gasteiger partial charge is 0.245 e. The summed E-state index contributed by atoms with van der Waals surface area (Å²) >= 11 is 0. The predicted octanol–water partition coefficient (Wildman–Crippen LogP) is 5.34. The van der Waals surface area contributed by atoms with Crippen LogP contribution < -0.4 is 11.4 Å². The molecule has 6 nitrogen and oxygen atoms in total. The highest BCUT2D eigenvalue weighted by atomic mass is 15.5. The van der Waals surface area contributed by atoms with E-state index in [1.807, 2.05) is 48.0 Å². The summed E-state index contributed by atoms with van der Waals surface area (Å²) in [5, 5.41) is 8.76. The van der Waals surface area contributed by atoms with Crippen LogP contribution in [-0.2, 0) is 6.42 Å². The predicted molar refractivity (Wildman–Crippen MR) is 140 cm³/mol. The number of hydrogen-bond acceptors (Lipinski definition) is 5. The molecule has 0 spiro atoms. The molecule has 2 heterocycles. The van der Waals surface area contributed by atoms with Crippen LogP contribution in [-0.4, -0.2) is 20.3 Å². The Labute approximate surface area is 199 Å². The number of allylic oxidation sites excluding steroid dienone is 5. The van der Waals surface area contributed by atoms with E-state index in [0.29, 0.717) is 11.4 Å². The van der Waals surface area contributed by atoms with Gasteiger partial charge in [-0.25, -0.2) is 20.9 Å². The van der Waals surface area contributed by atoms with Crippen LogP contribution in [0, 0.1) is 0 Å². The summed E-state index contributed by atoms with van der Waals surface area (Å²) in [5.74, 6) is 5.38. The van der Waals surface area contributed by atoms with Gasteiger partial charge in [-0.05, 0) is 30.9 Å². The van der Waals surface area contributed by atoms with Crippen LogP contribution >= 0.6 is 0 Å². The van der Waals surface area contributed by atoms with Crippen molar-refractivity contribution in [3.8, 4) is 11.3 Å². The second kappa shape index (κ2) is 11.0. The van der Waals surface area contributed by atoms with E-state index in [4.69, 9.17) is 10.8 Å². The molecule has 4 rings (SSSR count). The lowest BCUT2D eigenvalue weighted by atomic mass is 9.99. The zero-order valence-electron chi connectivity index (χ0n) is 19.2. The minimum absolute atomic E-state index is 0.708. The van der Waals surface area contributed by atoms with Gasteiger partial charge in [0.25, 0.3) is 0 Å². The van der Waals surface area contributed by atoms with Crippen molar-refractivity contribution in [1.82, 2.24) is 20.1 Å². The van der Waals surface area contributed by atoms with Gasteiger partial charge in [0.1, 0.15) is 0 Å². The van der Waals surface area contributed by atoms with Crippen molar-refractivity contribution in [2.45, 2.75) is 19.8 Å². The molecular formula is C28H28N6. The first kappa shape index (κ1) is 22.9. The van der Waals surface area contributed by atoms with Crippen LogP contribution in [0.5, 0.6) is 0 Å². The number of aryl methyl sites for hydroxylation is 1. The average Bonchev–Trinajstić information content (AvgIpc) is 3.31. The number of nitrogens with two attached hydrogens (primary N) is 1. The molecule has 3 N–H and O–H groups in total.